The van der Waals surface area contributed by atoms with Crippen molar-refractivity contribution < 1.29 is 26.3 Å². The van der Waals surface area contributed by atoms with E-state index in [0.29, 0.717) is 16.9 Å². The average Bonchev–Trinajstić information content (AvgIpc) is 2.68. The third-order valence-electron chi connectivity index (χ3n) is 4.04. The number of sulfonamides is 1. The molecule has 0 aliphatic carbocycles. The molecule has 0 saturated carbocycles. The zero-order valence-corrected chi connectivity index (χ0v) is 15.5. The minimum atomic E-state index is -4.41. The third-order valence-corrected chi connectivity index (χ3v) is 5.47. The first-order valence-electron chi connectivity index (χ1n) is 8.19. The molecule has 3 aromatic rings. The normalized spacial score (nSPS) is 12.0. The van der Waals surface area contributed by atoms with E-state index in [1.165, 1.54) is 31.3 Å². The number of benzene rings is 3. The predicted octanol–water partition coefficient (Wildman–Crippen LogP) is 5.07. The van der Waals surface area contributed by atoms with Crippen molar-refractivity contribution in [2.75, 3.05) is 7.05 Å². The summed E-state index contributed by atoms with van der Waals surface area (Å²) in [7, 11) is -2.22. The number of ether oxygens (including phenoxy) is 1. The Morgan fingerprint density at radius 2 is 1.46 bits per heavy atom. The van der Waals surface area contributed by atoms with Gasteiger partial charge in [0.25, 0.3) is 0 Å². The highest BCUT2D eigenvalue weighted by Gasteiger charge is 2.30. The van der Waals surface area contributed by atoms with E-state index in [9.17, 15) is 21.6 Å². The standard InChI is InChI=1S/C20H16F3NO3S/c1-24-28(25,26)17-12-6-14(7-13-17)18-4-2-3-5-19(18)27-16-10-8-15(9-11-16)20(21,22)23/h2-13,24H,1H3. The second-order valence-electron chi connectivity index (χ2n) is 5.85. The largest absolute Gasteiger partial charge is 0.457 e. The molecule has 3 rings (SSSR count). The Bertz CT molecular complexity index is 1060. The number of halogens is 3. The number of hydrogen-bond acceptors (Lipinski definition) is 3. The van der Waals surface area contributed by atoms with Crippen LogP contribution in [0.15, 0.2) is 77.7 Å². The van der Waals surface area contributed by atoms with Crippen LogP contribution in [0, 0.1) is 0 Å². The Hall–Kier alpha value is -2.84. The molecule has 0 atom stereocenters. The van der Waals surface area contributed by atoms with Gasteiger partial charge in [-0.1, -0.05) is 30.3 Å². The molecule has 3 aromatic carbocycles. The lowest BCUT2D eigenvalue weighted by molar-refractivity contribution is -0.137. The third kappa shape index (κ3) is 4.35. The molecule has 0 bridgehead atoms. The van der Waals surface area contributed by atoms with Gasteiger partial charge in [0, 0.05) is 5.56 Å². The highest BCUT2D eigenvalue weighted by Crippen LogP contribution is 2.35. The van der Waals surface area contributed by atoms with Gasteiger partial charge in [0.15, 0.2) is 0 Å². The molecule has 0 aliphatic rings. The van der Waals surface area contributed by atoms with E-state index >= 15 is 0 Å². The molecule has 0 unspecified atom stereocenters. The number of nitrogens with one attached hydrogen (secondary N) is 1. The molecule has 28 heavy (non-hydrogen) atoms. The van der Waals surface area contributed by atoms with Gasteiger partial charge in [0.2, 0.25) is 10.0 Å². The lowest BCUT2D eigenvalue weighted by atomic mass is 10.0. The minimum Gasteiger partial charge on any atom is -0.457 e. The fourth-order valence-electron chi connectivity index (χ4n) is 2.56. The van der Waals surface area contributed by atoms with Gasteiger partial charge in [0.1, 0.15) is 11.5 Å². The maximum atomic E-state index is 12.7. The summed E-state index contributed by atoms with van der Waals surface area (Å²) in [5.41, 5.74) is 0.628. The van der Waals surface area contributed by atoms with Gasteiger partial charge in [0.05, 0.1) is 10.5 Å². The van der Waals surface area contributed by atoms with Crippen LogP contribution in [0.1, 0.15) is 5.56 Å². The second-order valence-corrected chi connectivity index (χ2v) is 7.74. The SMILES string of the molecule is CNS(=O)(=O)c1ccc(-c2ccccc2Oc2ccc(C(F)(F)F)cc2)cc1. The molecular formula is C20H16F3NO3S. The van der Waals surface area contributed by atoms with Crippen LogP contribution in [0.3, 0.4) is 0 Å². The van der Waals surface area contributed by atoms with Gasteiger partial charge >= 0.3 is 6.18 Å². The number of para-hydroxylation sites is 1. The van der Waals surface area contributed by atoms with E-state index in [1.807, 2.05) is 0 Å². The van der Waals surface area contributed by atoms with Crippen molar-refractivity contribution >= 4 is 10.0 Å². The van der Waals surface area contributed by atoms with Crippen molar-refractivity contribution in [2.24, 2.45) is 0 Å². The van der Waals surface area contributed by atoms with Crippen molar-refractivity contribution in [3.8, 4) is 22.6 Å². The Labute approximate surface area is 160 Å². The lowest BCUT2D eigenvalue weighted by Gasteiger charge is -2.13. The van der Waals surface area contributed by atoms with E-state index in [1.54, 1.807) is 36.4 Å². The molecule has 0 aliphatic heterocycles. The van der Waals surface area contributed by atoms with Crippen LogP contribution in [-0.4, -0.2) is 15.5 Å². The number of rotatable bonds is 5. The summed E-state index contributed by atoms with van der Waals surface area (Å²) in [5, 5.41) is 0. The Kier molecular flexibility index (Phi) is 5.44. The maximum absolute atomic E-state index is 12.7. The summed E-state index contributed by atoms with van der Waals surface area (Å²) < 4.78 is 69.7. The second kappa shape index (κ2) is 7.65. The molecule has 0 amide bonds. The van der Waals surface area contributed by atoms with Crippen LogP contribution in [-0.2, 0) is 16.2 Å². The van der Waals surface area contributed by atoms with Crippen molar-refractivity contribution in [3.05, 3.63) is 78.4 Å². The monoisotopic (exact) mass is 407 g/mol. The highest BCUT2D eigenvalue weighted by atomic mass is 32.2. The molecule has 4 nitrogen and oxygen atoms in total. The van der Waals surface area contributed by atoms with Crippen LogP contribution in [0.2, 0.25) is 0 Å². The molecular weight excluding hydrogens is 391 g/mol. The van der Waals surface area contributed by atoms with Crippen LogP contribution < -0.4 is 9.46 Å². The van der Waals surface area contributed by atoms with Gasteiger partial charge in [-0.05, 0) is 55.1 Å². The fraction of sp³-hybridized carbons (Fsp3) is 0.100. The van der Waals surface area contributed by atoms with E-state index in [-0.39, 0.29) is 10.6 Å². The molecule has 146 valence electrons. The molecule has 0 heterocycles. The van der Waals surface area contributed by atoms with Crippen molar-refractivity contribution in [3.63, 3.8) is 0 Å². The molecule has 1 N–H and O–H groups in total. The van der Waals surface area contributed by atoms with E-state index in [2.05, 4.69) is 4.72 Å². The zero-order valence-electron chi connectivity index (χ0n) is 14.7. The van der Waals surface area contributed by atoms with Gasteiger partial charge in [-0.2, -0.15) is 13.2 Å². The summed E-state index contributed by atoms with van der Waals surface area (Å²) in [5.74, 6) is 0.696. The summed E-state index contributed by atoms with van der Waals surface area (Å²) in [4.78, 5) is 0.125. The summed E-state index contributed by atoms with van der Waals surface area (Å²) in [6.07, 6.45) is -4.41. The first-order valence-corrected chi connectivity index (χ1v) is 9.67. The predicted molar refractivity (Wildman–Crippen MR) is 99.6 cm³/mol. The molecule has 8 heteroatoms. The van der Waals surface area contributed by atoms with Crippen LogP contribution in [0.4, 0.5) is 13.2 Å². The zero-order chi connectivity index (χ0) is 20.4. The molecule has 0 aromatic heterocycles. The van der Waals surface area contributed by atoms with Gasteiger partial charge in [-0.25, -0.2) is 13.1 Å². The first-order chi connectivity index (χ1) is 13.2. The van der Waals surface area contributed by atoms with Crippen molar-refractivity contribution in [2.45, 2.75) is 11.1 Å². The van der Waals surface area contributed by atoms with Crippen LogP contribution in [0.25, 0.3) is 11.1 Å². The van der Waals surface area contributed by atoms with Gasteiger partial charge in [-0.15, -0.1) is 0 Å². The lowest BCUT2D eigenvalue weighted by Crippen LogP contribution is -2.18. The van der Waals surface area contributed by atoms with E-state index < -0.39 is 21.8 Å². The summed E-state index contributed by atoms with van der Waals surface area (Å²) >= 11 is 0. The number of alkyl halides is 3. The Morgan fingerprint density at radius 3 is 2.04 bits per heavy atom. The molecule has 0 fully saturated rings. The first kappa shape index (κ1) is 19.9. The quantitative estimate of drug-likeness (QED) is 0.642. The van der Waals surface area contributed by atoms with Crippen molar-refractivity contribution in [1.82, 2.24) is 4.72 Å². The summed E-state index contributed by atoms with van der Waals surface area (Å²) in [6.45, 7) is 0. The Morgan fingerprint density at radius 1 is 0.857 bits per heavy atom. The minimum absolute atomic E-state index is 0.125. The maximum Gasteiger partial charge on any atom is 0.416 e. The number of hydrogen-bond donors (Lipinski definition) is 1. The molecule has 0 spiro atoms. The van der Waals surface area contributed by atoms with Gasteiger partial charge < -0.3 is 4.74 Å². The van der Waals surface area contributed by atoms with E-state index in [4.69, 9.17) is 4.74 Å². The van der Waals surface area contributed by atoms with Crippen LogP contribution >= 0.6 is 0 Å². The highest BCUT2D eigenvalue weighted by molar-refractivity contribution is 7.89. The van der Waals surface area contributed by atoms with Gasteiger partial charge in [-0.3, -0.25) is 0 Å². The average molecular weight is 407 g/mol. The topological polar surface area (TPSA) is 55.4 Å². The smallest absolute Gasteiger partial charge is 0.416 e. The molecule has 0 radical (unpaired) electrons. The molecule has 0 saturated heterocycles. The summed E-state index contributed by atoms with van der Waals surface area (Å²) in [6, 6.07) is 17.6. The van der Waals surface area contributed by atoms with Crippen LogP contribution in [0.5, 0.6) is 11.5 Å². The van der Waals surface area contributed by atoms with Crippen molar-refractivity contribution in [1.29, 1.82) is 0 Å². The fourth-order valence-corrected chi connectivity index (χ4v) is 3.29. The van der Waals surface area contributed by atoms with E-state index in [0.717, 1.165) is 12.1 Å². The Balaban J connectivity index is 1.90.